The highest BCUT2D eigenvalue weighted by molar-refractivity contribution is 5.48. The first-order valence-corrected chi connectivity index (χ1v) is 6.61. The molecule has 1 atom stereocenters. The molecule has 0 aromatic heterocycles. The summed E-state index contributed by atoms with van der Waals surface area (Å²) < 4.78 is 0. The summed E-state index contributed by atoms with van der Waals surface area (Å²) in [5.41, 5.74) is 4.76. The standard InChI is InChI=1S/C17H21NO/c1-13-6-4-5-7-16(13)12-18(3)17-10-8-15(9-11-17)14(2)19/h4-11,14,19H,12H2,1-3H3/t14-/m0/s1. The fourth-order valence-corrected chi connectivity index (χ4v) is 2.14. The molecule has 100 valence electrons. The quantitative estimate of drug-likeness (QED) is 0.900. The maximum Gasteiger partial charge on any atom is 0.0761 e. The summed E-state index contributed by atoms with van der Waals surface area (Å²) in [5, 5.41) is 9.51. The van der Waals surface area contributed by atoms with Gasteiger partial charge in [-0.15, -0.1) is 0 Å². The Bertz CT molecular complexity index is 531. The molecular weight excluding hydrogens is 234 g/mol. The number of anilines is 1. The fraction of sp³-hybridized carbons (Fsp3) is 0.294. The van der Waals surface area contributed by atoms with Crippen LogP contribution in [0.15, 0.2) is 48.5 Å². The zero-order valence-corrected chi connectivity index (χ0v) is 11.8. The molecule has 2 aromatic rings. The Balaban J connectivity index is 2.12. The van der Waals surface area contributed by atoms with E-state index in [0.29, 0.717) is 0 Å². The van der Waals surface area contributed by atoms with Crippen molar-refractivity contribution in [3.63, 3.8) is 0 Å². The first kappa shape index (κ1) is 13.6. The van der Waals surface area contributed by atoms with E-state index >= 15 is 0 Å². The Morgan fingerprint density at radius 2 is 1.68 bits per heavy atom. The smallest absolute Gasteiger partial charge is 0.0761 e. The van der Waals surface area contributed by atoms with Crippen molar-refractivity contribution in [1.82, 2.24) is 0 Å². The van der Waals surface area contributed by atoms with Gasteiger partial charge in [0.2, 0.25) is 0 Å². The first-order valence-electron chi connectivity index (χ1n) is 6.61. The van der Waals surface area contributed by atoms with Crippen LogP contribution in [0, 0.1) is 6.92 Å². The highest BCUT2D eigenvalue weighted by Crippen LogP contribution is 2.20. The summed E-state index contributed by atoms with van der Waals surface area (Å²) in [6.07, 6.45) is -0.407. The molecule has 0 spiro atoms. The third-order valence-corrected chi connectivity index (χ3v) is 3.49. The molecule has 0 amide bonds. The van der Waals surface area contributed by atoms with Crippen molar-refractivity contribution in [2.45, 2.75) is 26.5 Å². The number of nitrogens with zero attached hydrogens (tertiary/aromatic N) is 1. The van der Waals surface area contributed by atoms with Gasteiger partial charge in [-0.05, 0) is 42.7 Å². The number of aliphatic hydroxyl groups excluding tert-OH is 1. The third-order valence-electron chi connectivity index (χ3n) is 3.49. The van der Waals surface area contributed by atoms with E-state index in [4.69, 9.17) is 0 Å². The van der Waals surface area contributed by atoms with Crippen LogP contribution in [-0.4, -0.2) is 12.2 Å². The number of aliphatic hydroxyl groups is 1. The Morgan fingerprint density at radius 3 is 2.26 bits per heavy atom. The number of hydrogen-bond donors (Lipinski definition) is 1. The van der Waals surface area contributed by atoms with Crippen LogP contribution in [0.5, 0.6) is 0 Å². The van der Waals surface area contributed by atoms with Crippen LogP contribution in [0.2, 0.25) is 0 Å². The van der Waals surface area contributed by atoms with E-state index in [9.17, 15) is 5.11 Å². The Hall–Kier alpha value is -1.80. The second-order valence-electron chi connectivity index (χ2n) is 5.05. The van der Waals surface area contributed by atoms with Crippen molar-refractivity contribution in [2.24, 2.45) is 0 Å². The van der Waals surface area contributed by atoms with Crippen LogP contribution in [0.3, 0.4) is 0 Å². The van der Waals surface area contributed by atoms with Gasteiger partial charge in [0.1, 0.15) is 0 Å². The van der Waals surface area contributed by atoms with Gasteiger partial charge in [0.05, 0.1) is 6.10 Å². The van der Waals surface area contributed by atoms with Gasteiger partial charge in [0.15, 0.2) is 0 Å². The molecular formula is C17H21NO. The second kappa shape index (κ2) is 5.89. The Labute approximate surface area is 115 Å². The molecule has 0 aliphatic rings. The second-order valence-corrected chi connectivity index (χ2v) is 5.05. The molecule has 2 heteroatoms. The van der Waals surface area contributed by atoms with Crippen LogP contribution >= 0.6 is 0 Å². The average Bonchev–Trinajstić information content (AvgIpc) is 2.41. The van der Waals surface area contributed by atoms with Crippen LogP contribution < -0.4 is 4.90 Å². The van der Waals surface area contributed by atoms with Crippen molar-refractivity contribution in [1.29, 1.82) is 0 Å². The molecule has 2 rings (SSSR count). The van der Waals surface area contributed by atoms with Crippen LogP contribution in [0.25, 0.3) is 0 Å². The Kier molecular flexibility index (Phi) is 4.23. The molecule has 0 aliphatic heterocycles. The Morgan fingerprint density at radius 1 is 1.05 bits per heavy atom. The van der Waals surface area contributed by atoms with Crippen LogP contribution in [-0.2, 0) is 6.54 Å². The summed E-state index contributed by atoms with van der Waals surface area (Å²) >= 11 is 0. The number of benzene rings is 2. The lowest BCUT2D eigenvalue weighted by molar-refractivity contribution is 0.199. The van der Waals surface area contributed by atoms with Gasteiger partial charge in [-0.25, -0.2) is 0 Å². The molecule has 1 N–H and O–H groups in total. The predicted molar refractivity (Wildman–Crippen MR) is 80.4 cm³/mol. The third kappa shape index (κ3) is 3.36. The molecule has 0 fully saturated rings. The highest BCUT2D eigenvalue weighted by Gasteiger charge is 2.05. The zero-order valence-electron chi connectivity index (χ0n) is 11.8. The van der Waals surface area contributed by atoms with E-state index in [1.54, 1.807) is 6.92 Å². The zero-order chi connectivity index (χ0) is 13.8. The van der Waals surface area contributed by atoms with Gasteiger partial charge >= 0.3 is 0 Å². The number of rotatable bonds is 4. The van der Waals surface area contributed by atoms with Gasteiger partial charge in [-0.1, -0.05) is 36.4 Å². The molecule has 19 heavy (non-hydrogen) atoms. The van der Waals surface area contributed by atoms with Crippen LogP contribution in [0.1, 0.15) is 29.7 Å². The normalized spacial score (nSPS) is 12.2. The SMILES string of the molecule is Cc1ccccc1CN(C)c1ccc([C@H](C)O)cc1. The first-order chi connectivity index (χ1) is 9.08. The lowest BCUT2D eigenvalue weighted by atomic mass is 10.1. The monoisotopic (exact) mass is 255 g/mol. The van der Waals surface area contributed by atoms with Crippen molar-refractivity contribution < 1.29 is 5.11 Å². The van der Waals surface area contributed by atoms with Crippen molar-refractivity contribution >= 4 is 5.69 Å². The number of aryl methyl sites for hydroxylation is 1. The van der Waals surface area contributed by atoms with Gasteiger partial charge in [0, 0.05) is 19.3 Å². The van der Waals surface area contributed by atoms with E-state index in [2.05, 4.69) is 55.3 Å². The van der Waals surface area contributed by atoms with Crippen molar-refractivity contribution in [3.05, 3.63) is 65.2 Å². The molecule has 0 unspecified atom stereocenters. The maximum atomic E-state index is 9.51. The lowest BCUT2D eigenvalue weighted by Crippen LogP contribution is -2.17. The van der Waals surface area contributed by atoms with Gasteiger partial charge in [-0.3, -0.25) is 0 Å². The fourth-order valence-electron chi connectivity index (χ4n) is 2.14. The summed E-state index contributed by atoms with van der Waals surface area (Å²) in [4.78, 5) is 2.22. The molecule has 2 aromatic carbocycles. The van der Waals surface area contributed by atoms with E-state index < -0.39 is 6.10 Å². The van der Waals surface area contributed by atoms with Gasteiger partial charge in [0.25, 0.3) is 0 Å². The van der Waals surface area contributed by atoms with Gasteiger partial charge < -0.3 is 10.0 Å². The van der Waals surface area contributed by atoms with Crippen molar-refractivity contribution in [2.75, 3.05) is 11.9 Å². The molecule has 0 saturated heterocycles. The van der Waals surface area contributed by atoms with Crippen molar-refractivity contribution in [3.8, 4) is 0 Å². The predicted octanol–water partition coefficient (Wildman–Crippen LogP) is 3.68. The van der Waals surface area contributed by atoms with E-state index in [1.165, 1.54) is 11.1 Å². The summed E-state index contributed by atoms with van der Waals surface area (Å²) in [7, 11) is 2.09. The molecule has 0 heterocycles. The molecule has 0 radical (unpaired) electrons. The largest absolute Gasteiger partial charge is 0.389 e. The summed E-state index contributed by atoms with van der Waals surface area (Å²) in [6.45, 7) is 4.81. The molecule has 0 saturated carbocycles. The molecule has 0 bridgehead atoms. The summed E-state index contributed by atoms with van der Waals surface area (Å²) in [5.74, 6) is 0. The minimum Gasteiger partial charge on any atom is -0.389 e. The summed E-state index contributed by atoms with van der Waals surface area (Å²) in [6, 6.07) is 16.5. The number of hydrogen-bond acceptors (Lipinski definition) is 2. The minimum atomic E-state index is -0.407. The highest BCUT2D eigenvalue weighted by atomic mass is 16.3. The minimum absolute atomic E-state index is 0.407. The molecule has 0 aliphatic carbocycles. The molecule has 2 nitrogen and oxygen atoms in total. The van der Waals surface area contributed by atoms with E-state index in [1.807, 2.05) is 12.1 Å². The van der Waals surface area contributed by atoms with E-state index in [-0.39, 0.29) is 0 Å². The van der Waals surface area contributed by atoms with Gasteiger partial charge in [-0.2, -0.15) is 0 Å². The van der Waals surface area contributed by atoms with E-state index in [0.717, 1.165) is 17.8 Å². The van der Waals surface area contributed by atoms with Crippen LogP contribution in [0.4, 0.5) is 5.69 Å². The lowest BCUT2D eigenvalue weighted by Gasteiger charge is -2.21. The topological polar surface area (TPSA) is 23.5 Å². The average molecular weight is 255 g/mol. The maximum absolute atomic E-state index is 9.51.